The molecule has 0 saturated carbocycles. The number of fused-ring (bicyclic) bond motifs is 2. The number of sulfonamides is 2. The Kier molecular flexibility index (Phi) is 6.60. The summed E-state index contributed by atoms with van der Waals surface area (Å²) < 4.78 is 114. The first kappa shape index (κ1) is 28.0. The van der Waals surface area contributed by atoms with Gasteiger partial charge in [-0.1, -0.05) is 29.0 Å². The molecule has 0 aliphatic heterocycles. The zero-order chi connectivity index (χ0) is 27.6. The highest BCUT2D eigenvalue weighted by Crippen LogP contribution is 2.39. The number of carbonyl (C=O) groups is 2. The van der Waals surface area contributed by atoms with Crippen LogP contribution < -0.4 is 8.25 Å². The fourth-order valence-corrected chi connectivity index (χ4v) is 8.11. The van der Waals surface area contributed by atoms with Gasteiger partial charge in [0.25, 0.3) is 20.0 Å². The monoisotopic (exact) mass is 582 g/mol. The van der Waals surface area contributed by atoms with Crippen LogP contribution in [-0.4, -0.2) is 54.3 Å². The van der Waals surface area contributed by atoms with Crippen molar-refractivity contribution in [3.8, 4) is 0 Å². The summed E-state index contributed by atoms with van der Waals surface area (Å²) in [5.74, 6) is -1.82. The van der Waals surface area contributed by atoms with E-state index < -0.39 is 73.0 Å². The van der Waals surface area contributed by atoms with Crippen LogP contribution in [0.2, 0.25) is 0 Å². The van der Waals surface area contributed by atoms with Crippen LogP contribution in [0.4, 0.5) is 0 Å². The average molecular weight is 583 g/mol. The molecule has 2 aromatic carbocycles. The van der Waals surface area contributed by atoms with E-state index in [2.05, 4.69) is 0 Å². The zero-order valence-electron chi connectivity index (χ0n) is 18.5. The van der Waals surface area contributed by atoms with Crippen molar-refractivity contribution in [2.75, 3.05) is 0 Å². The second-order valence-electron chi connectivity index (χ2n) is 8.60. The van der Waals surface area contributed by atoms with E-state index in [0.29, 0.717) is 6.07 Å². The number of rotatable bonds is 6. The van der Waals surface area contributed by atoms with Crippen LogP contribution in [0.25, 0.3) is 0 Å². The van der Waals surface area contributed by atoms with Crippen LogP contribution >= 0.6 is 0 Å². The Bertz CT molecular complexity index is 1770. The molecule has 196 valence electrons. The lowest BCUT2D eigenvalue weighted by Gasteiger charge is -2.29. The molecule has 1 aliphatic rings. The number of hydrogen-bond acceptors (Lipinski definition) is 10. The molecule has 0 unspecified atom stereocenters. The Morgan fingerprint density at radius 2 is 1.17 bits per heavy atom. The summed E-state index contributed by atoms with van der Waals surface area (Å²) in [7, 11) is -20.2. The van der Waals surface area contributed by atoms with Crippen molar-refractivity contribution in [3.63, 3.8) is 0 Å². The second-order valence-corrected chi connectivity index (χ2v) is 14.8. The van der Waals surface area contributed by atoms with Crippen LogP contribution in [0.1, 0.15) is 58.2 Å². The van der Waals surface area contributed by atoms with Crippen molar-refractivity contribution in [3.05, 3.63) is 58.1 Å². The Morgan fingerprint density at radius 3 is 1.67 bits per heavy atom. The summed E-state index contributed by atoms with van der Waals surface area (Å²) in [5, 5.41) is 0. The number of benzene rings is 2. The molecule has 18 heteroatoms. The smallest absolute Gasteiger partial charge is 0.289 e. The summed E-state index contributed by atoms with van der Waals surface area (Å²) in [6.45, 7) is 4.46. The first-order valence-corrected chi connectivity index (χ1v) is 15.3. The molecule has 0 radical (unpaired) electrons. The molecule has 0 amide bonds. The minimum absolute atomic E-state index is 0.245. The molecule has 0 aromatic heterocycles. The molecule has 14 nitrogen and oxygen atoms in total. The molecule has 0 spiro atoms. The Hall–Kier alpha value is -2.58. The van der Waals surface area contributed by atoms with Gasteiger partial charge in [0.05, 0.1) is 9.79 Å². The molecule has 1 aliphatic carbocycles. The number of ketones is 2. The topological polar surface area (TPSA) is 235 Å². The van der Waals surface area contributed by atoms with E-state index in [1.807, 2.05) is 0 Å². The molecule has 0 fully saturated rings. The Balaban J connectivity index is 2.31. The fraction of sp³-hybridized carbons (Fsp3) is 0.222. The molecule has 3 rings (SSSR count). The first-order valence-electron chi connectivity index (χ1n) is 9.48. The van der Waals surface area contributed by atoms with E-state index in [-0.39, 0.29) is 22.3 Å². The minimum Gasteiger partial charge on any atom is -0.289 e. The van der Waals surface area contributed by atoms with Gasteiger partial charge in [-0.3, -0.25) is 18.7 Å². The van der Waals surface area contributed by atoms with Crippen molar-refractivity contribution in [1.29, 1.82) is 0 Å². The summed E-state index contributed by atoms with van der Waals surface area (Å²) >= 11 is 0. The third-order valence-corrected chi connectivity index (χ3v) is 10.1. The van der Waals surface area contributed by atoms with Crippen LogP contribution in [0, 0.1) is 0 Å². The highest BCUT2D eigenvalue weighted by Gasteiger charge is 2.39. The van der Waals surface area contributed by atoms with Gasteiger partial charge in [-0.15, -0.1) is 0 Å². The van der Waals surface area contributed by atoms with Gasteiger partial charge in [0.15, 0.2) is 11.6 Å². The maximum atomic E-state index is 13.4. The van der Waals surface area contributed by atoms with E-state index in [1.165, 1.54) is 20.8 Å². The van der Waals surface area contributed by atoms with Crippen LogP contribution in [0.5, 0.6) is 0 Å². The summed E-state index contributed by atoms with van der Waals surface area (Å²) in [4.78, 5) is 25.2. The highest BCUT2D eigenvalue weighted by molar-refractivity contribution is 8.02. The first-order chi connectivity index (χ1) is 16.1. The maximum absolute atomic E-state index is 13.4. The predicted octanol–water partition coefficient (Wildman–Crippen LogP) is -0.0783. The lowest BCUT2D eigenvalue weighted by molar-refractivity contribution is 0.0977. The standard InChI is InChI=1S/C18H18N2O12S4/c1-18(2,3)15-13(34(25,26)20-36(30,31)32)7-6-11-14(15)17(22)10-5-4-9(8-12(10)16(11)21)33(23,24)19-35(27,28)29/h4-8,19-20H,1-3H3,(H,27,28,29)(H,30,31,32). The van der Waals surface area contributed by atoms with E-state index in [0.717, 1.165) is 32.5 Å². The Morgan fingerprint density at radius 1 is 0.667 bits per heavy atom. The van der Waals surface area contributed by atoms with Crippen molar-refractivity contribution < 1.29 is 52.4 Å². The summed E-state index contributed by atoms with van der Waals surface area (Å²) in [6, 6.07) is 4.18. The number of nitrogens with one attached hydrogen (secondary N) is 2. The van der Waals surface area contributed by atoms with Gasteiger partial charge < -0.3 is 0 Å². The van der Waals surface area contributed by atoms with Crippen molar-refractivity contribution >= 4 is 52.2 Å². The zero-order valence-corrected chi connectivity index (χ0v) is 21.8. The molecule has 36 heavy (non-hydrogen) atoms. The van der Waals surface area contributed by atoms with E-state index in [1.54, 1.807) is 0 Å². The molecular weight excluding hydrogens is 564 g/mol. The predicted molar refractivity (Wildman–Crippen MR) is 122 cm³/mol. The van der Waals surface area contributed by atoms with Gasteiger partial charge in [0.2, 0.25) is 0 Å². The summed E-state index contributed by atoms with van der Waals surface area (Å²) in [5.41, 5.74) is -2.93. The van der Waals surface area contributed by atoms with Gasteiger partial charge in [-0.05, 0) is 41.3 Å². The average Bonchev–Trinajstić information content (AvgIpc) is 2.66. The van der Waals surface area contributed by atoms with Gasteiger partial charge >= 0.3 is 20.6 Å². The molecule has 0 atom stereocenters. The van der Waals surface area contributed by atoms with Gasteiger partial charge in [-0.2, -0.15) is 16.8 Å². The Labute approximate surface area is 206 Å². The van der Waals surface area contributed by atoms with Crippen LogP contribution in [0.3, 0.4) is 0 Å². The normalized spacial score (nSPS) is 14.9. The highest BCUT2D eigenvalue weighted by atomic mass is 32.3. The van der Waals surface area contributed by atoms with Gasteiger partial charge in [0.1, 0.15) is 0 Å². The third-order valence-electron chi connectivity index (χ3n) is 4.90. The van der Waals surface area contributed by atoms with Gasteiger partial charge in [0, 0.05) is 22.3 Å². The third kappa shape index (κ3) is 5.39. The van der Waals surface area contributed by atoms with E-state index >= 15 is 0 Å². The van der Waals surface area contributed by atoms with Crippen molar-refractivity contribution in [2.45, 2.75) is 36.0 Å². The number of hydrogen-bond donors (Lipinski definition) is 4. The van der Waals surface area contributed by atoms with Gasteiger partial charge in [-0.25, -0.2) is 16.8 Å². The van der Waals surface area contributed by atoms with E-state index in [9.17, 15) is 43.3 Å². The lowest BCUT2D eigenvalue weighted by atomic mass is 9.75. The SMILES string of the molecule is CC(C)(C)c1c(S(=O)(=O)NS(=O)(=O)O)ccc2c1C(=O)c1ccc(S(=O)(=O)NS(=O)(=O)O)cc1C2=O. The summed E-state index contributed by atoms with van der Waals surface area (Å²) in [6.07, 6.45) is 0. The minimum atomic E-state index is -5.23. The van der Waals surface area contributed by atoms with Crippen molar-refractivity contribution in [1.82, 2.24) is 8.25 Å². The fourth-order valence-electron chi connectivity index (χ4n) is 3.70. The molecule has 2 aromatic rings. The molecule has 0 bridgehead atoms. The largest absolute Gasteiger partial charge is 0.346 e. The maximum Gasteiger partial charge on any atom is 0.346 e. The molecular formula is C18H18N2O12S4. The van der Waals surface area contributed by atoms with E-state index in [4.69, 9.17) is 9.11 Å². The lowest BCUT2D eigenvalue weighted by Crippen LogP contribution is -2.34. The second kappa shape index (κ2) is 8.48. The molecule has 0 saturated heterocycles. The quantitative estimate of drug-likeness (QED) is 0.279. The van der Waals surface area contributed by atoms with Crippen molar-refractivity contribution in [2.24, 2.45) is 0 Å². The molecule has 0 heterocycles. The number of carbonyl (C=O) groups excluding carboxylic acids is 2. The van der Waals surface area contributed by atoms with Crippen LogP contribution in [-0.2, 0) is 46.1 Å². The molecule has 4 N–H and O–H groups in total. The van der Waals surface area contributed by atoms with Crippen LogP contribution in [0.15, 0.2) is 40.1 Å².